The molecule has 1 aliphatic heterocycles. The molecule has 2 aromatic rings. The second-order valence-electron chi connectivity index (χ2n) is 5.74. The van der Waals surface area contributed by atoms with E-state index >= 15 is 0 Å². The molecule has 4 heteroatoms. The molecule has 2 atom stereocenters. The summed E-state index contributed by atoms with van der Waals surface area (Å²) in [6, 6.07) is 13.6. The lowest BCUT2D eigenvalue weighted by Crippen LogP contribution is -2.55. The molecule has 1 aromatic heterocycles. The fourth-order valence-corrected chi connectivity index (χ4v) is 2.84. The van der Waals surface area contributed by atoms with Crippen LogP contribution in [0.15, 0.2) is 48.8 Å². The maximum atomic E-state index is 4.34. The maximum absolute atomic E-state index is 4.34. The highest BCUT2D eigenvalue weighted by Crippen LogP contribution is 2.13. The van der Waals surface area contributed by atoms with Crippen LogP contribution in [0, 0.1) is 0 Å². The van der Waals surface area contributed by atoms with E-state index in [1.54, 1.807) is 0 Å². The smallest absolute Gasteiger partial charge is 0.142 e. The lowest BCUT2D eigenvalue weighted by molar-refractivity contribution is 0.129. The van der Waals surface area contributed by atoms with Crippen molar-refractivity contribution < 1.29 is 0 Å². The molecule has 0 bridgehead atoms. The van der Waals surface area contributed by atoms with Gasteiger partial charge in [0.1, 0.15) is 5.82 Å². The zero-order valence-electron chi connectivity index (χ0n) is 12.4. The van der Waals surface area contributed by atoms with E-state index in [0.29, 0.717) is 12.1 Å². The summed E-state index contributed by atoms with van der Waals surface area (Å²) >= 11 is 0. The summed E-state index contributed by atoms with van der Waals surface area (Å²) in [5, 5.41) is 3.65. The highest BCUT2D eigenvalue weighted by molar-refractivity contribution is 5.16. The third-order valence-corrected chi connectivity index (χ3v) is 4.07. The van der Waals surface area contributed by atoms with Gasteiger partial charge in [-0.1, -0.05) is 30.3 Å². The van der Waals surface area contributed by atoms with Crippen molar-refractivity contribution in [1.29, 1.82) is 0 Å². The molecular formula is C17H22N4. The SMILES string of the molecule is CC1CNC(Cc2ccccc2)CN1Cc1ncccn1. The lowest BCUT2D eigenvalue weighted by atomic mass is 10.0. The van der Waals surface area contributed by atoms with Gasteiger partial charge in [-0.25, -0.2) is 9.97 Å². The molecule has 3 rings (SSSR count). The summed E-state index contributed by atoms with van der Waals surface area (Å²) in [6.45, 7) is 5.14. The molecule has 21 heavy (non-hydrogen) atoms. The molecule has 1 aromatic carbocycles. The van der Waals surface area contributed by atoms with Crippen molar-refractivity contribution in [3.8, 4) is 0 Å². The van der Waals surface area contributed by atoms with Crippen LogP contribution < -0.4 is 5.32 Å². The summed E-state index contributed by atoms with van der Waals surface area (Å²) in [5.41, 5.74) is 1.39. The van der Waals surface area contributed by atoms with Crippen molar-refractivity contribution in [3.63, 3.8) is 0 Å². The predicted octanol–water partition coefficient (Wildman–Crippen LogP) is 1.88. The topological polar surface area (TPSA) is 41.0 Å². The molecule has 0 saturated carbocycles. The third-order valence-electron chi connectivity index (χ3n) is 4.07. The van der Waals surface area contributed by atoms with E-state index in [0.717, 1.165) is 31.9 Å². The average Bonchev–Trinajstić information content (AvgIpc) is 2.53. The zero-order chi connectivity index (χ0) is 14.5. The van der Waals surface area contributed by atoms with E-state index < -0.39 is 0 Å². The van der Waals surface area contributed by atoms with Crippen LogP contribution >= 0.6 is 0 Å². The molecule has 2 heterocycles. The monoisotopic (exact) mass is 282 g/mol. The van der Waals surface area contributed by atoms with E-state index in [9.17, 15) is 0 Å². The minimum Gasteiger partial charge on any atom is -0.311 e. The van der Waals surface area contributed by atoms with Gasteiger partial charge in [0.25, 0.3) is 0 Å². The van der Waals surface area contributed by atoms with Gasteiger partial charge in [-0.05, 0) is 25.0 Å². The van der Waals surface area contributed by atoms with Crippen LogP contribution in [-0.2, 0) is 13.0 Å². The highest BCUT2D eigenvalue weighted by Gasteiger charge is 2.25. The fourth-order valence-electron chi connectivity index (χ4n) is 2.84. The normalized spacial score (nSPS) is 23.1. The number of aromatic nitrogens is 2. The van der Waals surface area contributed by atoms with Gasteiger partial charge < -0.3 is 5.32 Å². The first-order valence-electron chi connectivity index (χ1n) is 7.58. The van der Waals surface area contributed by atoms with Gasteiger partial charge in [0, 0.05) is 37.6 Å². The second-order valence-corrected chi connectivity index (χ2v) is 5.74. The Labute approximate surface area is 126 Å². The largest absolute Gasteiger partial charge is 0.311 e. The Morgan fingerprint density at radius 2 is 1.90 bits per heavy atom. The third kappa shape index (κ3) is 3.86. The number of hydrogen-bond donors (Lipinski definition) is 1. The molecule has 1 fully saturated rings. The van der Waals surface area contributed by atoms with Crippen LogP contribution in [0.3, 0.4) is 0 Å². The van der Waals surface area contributed by atoms with E-state index in [-0.39, 0.29) is 0 Å². The number of nitrogens with one attached hydrogen (secondary N) is 1. The molecule has 0 aliphatic carbocycles. The van der Waals surface area contributed by atoms with Crippen LogP contribution in [0.4, 0.5) is 0 Å². The van der Waals surface area contributed by atoms with E-state index in [2.05, 4.69) is 57.4 Å². The molecule has 2 unspecified atom stereocenters. The lowest BCUT2D eigenvalue weighted by Gasteiger charge is -2.38. The van der Waals surface area contributed by atoms with Crippen molar-refractivity contribution in [2.45, 2.75) is 32.0 Å². The average molecular weight is 282 g/mol. The first kappa shape index (κ1) is 14.2. The van der Waals surface area contributed by atoms with Crippen molar-refractivity contribution in [1.82, 2.24) is 20.2 Å². The Morgan fingerprint density at radius 1 is 1.14 bits per heavy atom. The fraction of sp³-hybridized carbons (Fsp3) is 0.412. The van der Waals surface area contributed by atoms with Gasteiger partial charge in [-0.2, -0.15) is 0 Å². The molecular weight excluding hydrogens is 260 g/mol. The number of benzene rings is 1. The summed E-state index contributed by atoms with van der Waals surface area (Å²) in [7, 11) is 0. The summed E-state index contributed by atoms with van der Waals surface area (Å²) in [4.78, 5) is 11.2. The number of piperazine rings is 1. The van der Waals surface area contributed by atoms with Crippen LogP contribution in [0.2, 0.25) is 0 Å². The first-order chi connectivity index (χ1) is 10.3. The van der Waals surface area contributed by atoms with E-state index in [1.807, 2.05) is 18.5 Å². The standard InChI is InChI=1S/C17H22N4/c1-14-11-20-16(10-15-6-3-2-4-7-15)12-21(14)13-17-18-8-5-9-19-17/h2-9,14,16,20H,10-13H2,1H3. The number of hydrogen-bond acceptors (Lipinski definition) is 4. The summed E-state index contributed by atoms with van der Waals surface area (Å²) in [5.74, 6) is 0.907. The van der Waals surface area contributed by atoms with Crippen molar-refractivity contribution in [3.05, 3.63) is 60.2 Å². The molecule has 0 spiro atoms. The van der Waals surface area contributed by atoms with Crippen molar-refractivity contribution in [2.24, 2.45) is 0 Å². The van der Waals surface area contributed by atoms with Crippen LogP contribution in [0.25, 0.3) is 0 Å². The molecule has 110 valence electrons. The van der Waals surface area contributed by atoms with Crippen molar-refractivity contribution in [2.75, 3.05) is 13.1 Å². The number of rotatable bonds is 4. The summed E-state index contributed by atoms with van der Waals surface area (Å²) in [6.07, 6.45) is 4.70. The van der Waals surface area contributed by atoms with E-state index in [1.165, 1.54) is 5.56 Å². The summed E-state index contributed by atoms with van der Waals surface area (Å²) < 4.78 is 0. The zero-order valence-corrected chi connectivity index (χ0v) is 12.4. The molecule has 1 saturated heterocycles. The van der Waals surface area contributed by atoms with Gasteiger partial charge in [0.05, 0.1) is 6.54 Å². The second kappa shape index (κ2) is 6.78. The highest BCUT2D eigenvalue weighted by atomic mass is 15.2. The Hall–Kier alpha value is -1.78. The van der Waals surface area contributed by atoms with Crippen LogP contribution in [0.1, 0.15) is 18.3 Å². The van der Waals surface area contributed by atoms with Gasteiger partial charge in [0.15, 0.2) is 0 Å². The minimum atomic E-state index is 0.493. The van der Waals surface area contributed by atoms with Gasteiger partial charge >= 0.3 is 0 Å². The maximum Gasteiger partial charge on any atom is 0.142 e. The first-order valence-corrected chi connectivity index (χ1v) is 7.58. The molecule has 1 aliphatic rings. The Balaban J connectivity index is 1.62. The predicted molar refractivity (Wildman–Crippen MR) is 83.8 cm³/mol. The van der Waals surface area contributed by atoms with Gasteiger partial charge in [0.2, 0.25) is 0 Å². The number of nitrogens with zero attached hydrogens (tertiary/aromatic N) is 3. The van der Waals surface area contributed by atoms with Crippen LogP contribution in [0.5, 0.6) is 0 Å². The van der Waals surface area contributed by atoms with Crippen molar-refractivity contribution >= 4 is 0 Å². The van der Waals surface area contributed by atoms with Gasteiger partial charge in [-0.3, -0.25) is 4.90 Å². The Kier molecular flexibility index (Phi) is 4.58. The van der Waals surface area contributed by atoms with E-state index in [4.69, 9.17) is 0 Å². The molecule has 4 nitrogen and oxygen atoms in total. The quantitative estimate of drug-likeness (QED) is 0.929. The molecule has 0 radical (unpaired) electrons. The Morgan fingerprint density at radius 3 is 2.67 bits per heavy atom. The molecule has 1 N–H and O–H groups in total. The van der Waals surface area contributed by atoms with Crippen LogP contribution in [-0.4, -0.2) is 40.0 Å². The minimum absolute atomic E-state index is 0.493. The molecule has 0 amide bonds. The Bertz CT molecular complexity index is 543. The van der Waals surface area contributed by atoms with Gasteiger partial charge in [-0.15, -0.1) is 0 Å².